The van der Waals surface area contributed by atoms with E-state index in [1.54, 1.807) is 13.2 Å². The van der Waals surface area contributed by atoms with Gasteiger partial charge in [0.25, 0.3) is 0 Å². The van der Waals surface area contributed by atoms with Crippen molar-refractivity contribution < 1.29 is 19.0 Å². The summed E-state index contributed by atoms with van der Waals surface area (Å²) in [4.78, 5) is 10.9. The van der Waals surface area contributed by atoms with Gasteiger partial charge in [-0.2, -0.15) is 0 Å². The minimum absolute atomic E-state index is 0.0547. The number of allylic oxidation sites excluding steroid dienone is 1. The number of hydrogen-bond donors (Lipinski definition) is 0. The van der Waals surface area contributed by atoms with Crippen molar-refractivity contribution in [1.82, 2.24) is 0 Å². The molecule has 0 bridgehead atoms. The van der Waals surface area contributed by atoms with Gasteiger partial charge in [0.15, 0.2) is 0 Å². The Kier molecular flexibility index (Phi) is 8.48. The third-order valence-electron chi connectivity index (χ3n) is 2.05. The Hall–Kier alpha value is -1.13. The Bertz CT molecular complexity index is 245. The number of methoxy groups -OCH3 is 2. The molecule has 0 saturated heterocycles. The summed E-state index contributed by atoms with van der Waals surface area (Å²) >= 11 is 0. The molecule has 0 heterocycles. The standard InChI is InChI=1S/C12H20O4/c1-5-11(16-9-14-3)7-6-10(2)8-12(13)15-4/h5,8,11H,1,6-7,9H2,2-4H3/b10-8+. The molecule has 0 spiro atoms. The fourth-order valence-electron chi connectivity index (χ4n) is 1.13. The monoisotopic (exact) mass is 228 g/mol. The lowest BCUT2D eigenvalue weighted by Gasteiger charge is -2.12. The van der Waals surface area contributed by atoms with Gasteiger partial charge in [-0.1, -0.05) is 11.6 Å². The number of carbonyl (C=O) groups is 1. The highest BCUT2D eigenvalue weighted by molar-refractivity contribution is 5.82. The van der Waals surface area contributed by atoms with Crippen LogP contribution in [0.2, 0.25) is 0 Å². The van der Waals surface area contributed by atoms with Gasteiger partial charge in [-0.05, 0) is 19.8 Å². The van der Waals surface area contributed by atoms with Gasteiger partial charge in [0, 0.05) is 13.2 Å². The highest BCUT2D eigenvalue weighted by Gasteiger charge is 2.05. The van der Waals surface area contributed by atoms with Crippen molar-refractivity contribution in [3.8, 4) is 0 Å². The zero-order valence-corrected chi connectivity index (χ0v) is 10.2. The highest BCUT2D eigenvalue weighted by atomic mass is 16.7. The molecule has 0 radical (unpaired) electrons. The summed E-state index contributed by atoms with van der Waals surface area (Å²) in [5.74, 6) is -0.328. The van der Waals surface area contributed by atoms with Crippen molar-refractivity contribution in [1.29, 1.82) is 0 Å². The SMILES string of the molecule is C=CC(CC/C(C)=C/C(=O)OC)OCOC. The van der Waals surface area contributed by atoms with Crippen LogP contribution in [-0.2, 0) is 19.0 Å². The average molecular weight is 228 g/mol. The largest absolute Gasteiger partial charge is 0.466 e. The molecule has 0 saturated carbocycles. The zero-order chi connectivity index (χ0) is 12.4. The van der Waals surface area contributed by atoms with E-state index >= 15 is 0 Å². The van der Waals surface area contributed by atoms with Gasteiger partial charge in [-0.15, -0.1) is 6.58 Å². The number of esters is 1. The Morgan fingerprint density at radius 1 is 1.44 bits per heavy atom. The second kappa shape index (κ2) is 9.12. The fourth-order valence-corrected chi connectivity index (χ4v) is 1.13. The molecule has 0 aromatic rings. The Labute approximate surface area is 96.9 Å². The molecule has 0 N–H and O–H groups in total. The van der Waals surface area contributed by atoms with Crippen LogP contribution in [0.1, 0.15) is 19.8 Å². The molecule has 0 amide bonds. The summed E-state index contributed by atoms with van der Waals surface area (Å²) < 4.78 is 14.7. The lowest BCUT2D eigenvalue weighted by atomic mass is 10.1. The van der Waals surface area contributed by atoms with E-state index in [-0.39, 0.29) is 18.9 Å². The summed E-state index contributed by atoms with van der Waals surface area (Å²) in [5.41, 5.74) is 0.958. The van der Waals surface area contributed by atoms with Crippen LogP contribution in [0.3, 0.4) is 0 Å². The van der Waals surface area contributed by atoms with Crippen molar-refractivity contribution in [2.75, 3.05) is 21.0 Å². The topological polar surface area (TPSA) is 44.8 Å². The number of carbonyl (C=O) groups excluding carboxylic acids is 1. The van der Waals surface area contributed by atoms with Crippen LogP contribution in [-0.4, -0.2) is 33.1 Å². The predicted molar refractivity (Wildman–Crippen MR) is 62.0 cm³/mol. The van der Waals surface area contributed by atoms with E-state index in [0.29, 0.717) is 0 Å². The third kappa shape index (κ3) is 7.20. The van der Waals surface area contributed by atoms with E-state index in [2.05, 4.69) is 11.3 Å². The Morgan fingerprint density at radius 2 is 2.12 bits per heavy atom. The van der Waals surface area contributed by atoms with Crippen LogP contribution in [0.15, 0.2) is 24.3 Å². The van der Waals surface area contributed by atoms with Crippen molar-refractivity contribution in [3.05, 3.63) is 24.3 Å². The molecule has 16 heavy (non-hydrogen) atoms. The molecule has 92 valence electrons. The van der Waals surface area contributed by atoms with E-state index in [0.717, 1.165) is 18.4 Å². The van der Waals surface area contributed by atoms with Crippen molar-refractivity contribution >= 4 is 5.97 Å². The van der Waals surface area contributed by atoms with Crippen LogP contribution < -0.4 is 0 Å². The number of hydrogen-bond acceptors (Lipinski definition) is 4. The van der Waals surface area contributed by atoms with E-state index < -0.39 is 0 Å². The Balaban J connectivity index is 3.96. The number of rotatable bonds is 8. The molecule has 4 nitrogen and oxygen atoms in total. The first-order chi connectivity index (χ1) is 7.63. The van der Waals surface area contributed by atoms with Gasteiger partial charge < -0.3 is 14.2 Å². The van der Waals surface area contributed by atoms with E-state index in [9.17, 15) is 4.79 Å². The molecule has 0 rings (SSSR count). The van der Waals surface area contributed by atoms with Gasteiger partial charge in [0.2, 0.25) is 0 Å². The molecule has 0 aliphatic carbocycles. The summed E-state index contributed by atoms with van der Waals surface area (Å²) in [5, 5.41) is 0. The van der Waals surface area contributed by atoms with Gasteiger partial charge in [0.1, 0.15) is 6.79 Å². The first-order valence-electron chi connectivity index (χ1n) is 5.12. The fraction of sp³-hybridized carbons (Fsp3) is 0.583. The molecular formula is C12H20O4. The molecule has 0 aliphatic heterocycles. The summed E-state index contributed by atoms with van der Waals surface area (Å²) in [7, 11) is 2.93. The van der Waals surface area contributed by atoms with Crippen molar-refractivity contribution in [2.45, 2.75) is 25.9 Å². The molecule has 1 atom stereocenters. The maximum absolute atomic E-state index is 10.9. The first-order valence-corrected chi connectivity index (χ1v) is 5.12. The first kappa shape index (κ1) is 14.9. The average Bonchev–Trinajstić information content (AvgIpc) is 2.29. The maximum atomic E-state index is 10.9. The smallest absolute Gasteiger partial charge is 0.330 e. The molecule has 4 heteroatoms. The Morgan fingerprint density at radius 3 is 2.62 bits per heavy atom. The minimum atomic E-state index is -0.328. The van der Waals surface area contributed by atoms with E-state index in [4.69, 9.17) is 9.47 Å². The highest BCUT2D eigenvalue weighted by Crippen LogP contribution is 2.10. The molecule has 1 unspecified atom stereocenters. The van der Waals surface area contributed by atoms with Crippen molar-refractivity contribution in [3.63, 3.8) is 0 Å². The zero-order valence-electron chi connectivity index (χ0n) is 10.2. The normalized spacial score (nSPS) is 13.3. The molecule has 0 aromatic carbocycles. The summed E-state index contributed by atoms with van der Waals surface area (Å²) in [6.07, 6.45) is 4.68. The molecule has 0 aromatic heterocycles. The molecular weight excluding hydrogens is 208 g/mol. The van der Waals surface area contributed by atoms with Crippen LogP contribution in [0.25, 0.3) is 0 Å². The number of ether oxygens (including phenoxy) is 3. The second-order valence-corrected chi connectivity index (χ2v) is 3.40. The van der Waals surface area contributed by atoms with Crippen molar-refractivity contribution in [2.24, 2.45) is 0 Å². The van der Waals surface area contributed by atoms with Crippen LogP contribution in [0, 0.1) is 0 Å². The van der Waals surface area contributed by atoms with Gasteiger partial charge >= 0.3 is 5.97 Å². The van der Waals surface area contributed by atoms with Gasteiger partial charge in [-0.25, -0.2) is 4.79 Å². The van der Waals surface area contributed by atoms with Gasteiger partial charge in [0.05, 0.1) is 13.2 Å². The maximum Gasteiger partial charge on any atom is 0.330 e. The third-order valence-corrected chi connectivity index (χ3v) is 2.05. The summed E-state index contributed by atoms with van der Waals surface area (Å²) in [6.45, 7) is 5.81. The second-order valence-electron chi connectivity index (χ2n) is 3.40. The molecule has 0 aliphatic rings. The van der Waals surface area contributed by atoms with Gasteiger partial charge in [-0.3, -0.25) is 0 Å². The van der Waals surface area contributed by atoms with Crippen LogP contribution in [0.4, 0.5) is 0 Å². The minimum Gasteiger partial charge on any atom is -0.466 e. The quantitative estimate of drug-likeness (QED) is 0.276. The predicted octanol–water partition coefficient (Wildman–Crippen LogP) is 2.06. The van der Waals surface area contributed by atoms with Crippen LogP contribution >= 0.6 is 0 Å². The summed E-state index contributed by atoms with van der Waals surface area (Å²) in [6, 6.07) is 0. The lowest BCUT2D eigenvalue weighted by Crippen LogP contribution is -2.11. The van der Waals surface area contributed by atoms with E-state index in [1.807, 2.05) is 6.92 Å². The van der Waals surface area contributed by atoms with E-state index in [1.165, 1.54) is 13.2 Å². The molecule has 0 fully saturated rings. The van der Waals surface area contributed by atoms with Crippen LogP contribution in [0.5, 0.6) is 0 Å². The lowest BCUT2D eigenvalue weighted by molar-refractivity contribution is -0.134.